The fourth-order valence-corrected chi connectivity index (χ4v) is 4.68. The molecule has 3 aliphatic rings. The summed E-state index contributed by atoms with van der Waals surface area (Å²) >= 11 is 5.93. The largest absolute Gasteiger partial charge is 0.339 e. The van der Waals surface area contributed by atoms with Gasteiger partial charge in [-0.1, -0.05) is 43.0 Å². The Morgan fingerprint density at radius 3 is 2.31 bits per heavy atom. The number of nitrogens with one attached hydrogen (secondary N) is 1. The molecule has 1 spiro atoms. The van der Waals surface area contributed by atoms with E-state index in [9.17, 15) is 14.4 Å². The van der Waals surface area contributed by atoms with E-state index < -0.39 is 11.6 Å². The number of hydrogen-bond donors (Lipinski definition) is 1. The first kappa shape index (κ1) is 20.2. The minimum Gasteiger partial charge on any atom is -0.339 e. The first-order chi connectivity index (χ1) is 14.0. The molecule has 7 nitrogen and oxygen atoms in total. The number of piperazine rings is 1. The molecule has 1 N–H and O–H groups in total. The molecule has 0 atom stereocenters. The third kappa shape index (κ3) is 4.26. The van der Waals surface area contributed by atoms with E-state index in [0.717, 1.165) is 48.8 Å². The van der Waals surface area contributed by atoms with Crippen LogP contribution in [0.2, 0.25) is 5.02 Å². The molecule has 1 aromatic carbocycles. The molecule has 0 bridgehead atoms. The lowest BCUT2D eigenvalue weighted by atomic mass is 9.82. The standard InChI is InChI=1S/C21H27ClN4O3/c22-17-6-4-16(5-7-17)14-24-10-12-25(13-11-24)18(27)15-26-19(28)21(23-20(26)29)8-2-1-3-9-21/h4-7H,1-3,8-15H2,(H,23,29). The zero-order valence-electron chi connectivity index (χ0n) is 16.5. The van der Waals surface area contributed by atoms with Crippen molar-refractivity contribution in [3.8, 4) is 0 Å². The first-order valence-electron chi connectivity index (χ1n) is 10.4. The molecule has 3 fully saturated rings. The van der Waals surface area contributed by atoms with Gasteiger partial charge >= 0.3 is 6.03 Å². The fourth-order valence-electron chi connectivity index (χ4n) is 4.55. The topological polar surface area (TPSA) is 73.0 Å². The summed E-state index contributed by atoms with van der Waals surface area (Å²) in [6, 6.07) is 7.37. The Labute approximate surface area is 176 Å². The average molecular weight is 419 g/mol. The molecule has 4 amide bonds. The van der Waals surface area contributed by atoms with Crippen LogP contribution in [0.4, 0.5) is 4.79 Å². The van der Waals surface area contributed by atoms with Gasteiger partial charge in [0.2, 0.25) is 5.91 Å². The van der Waals surface area contributed by atoms with E-state index in [1.165, 1.54) is 5.56 Å². The molecule has 1 aliphatic carbocycles. The van der Waals surface area contributed by atoms with E-state index in [4.69, 9.17) is 11.6 Å². The smallest absolute Gasteiger partial charge is 0.325 e. The highest BCUT2D eigenvalue weighted by Gasteiger charge is 2.51. The second-order valence-electron chi connectivity index (χ2n) is 8.25. The van der Waals surface area contributed by atoms with Gasteiger partial charge in [-0.25, -0.2) is 4.79 Å². The van der Waals surface area contributed by atoms with Gasteiger partial charge in [0.15, 0.2) is 0 Å². The number of carbonyl (C=O) groups excluding carboxylic acids is 3. The van der Waals surface area contributed by atoms with Gasteiger partial charge in [-0.05, 0) is 30.5 Å². The molecule has 0 radical (unpaired) electrons. The Morgan fingerprint density at radius 2 is 1.66 bits per heavy atom. The van der Waals surface area contributed by atoms with E-state index in [1.54, 1.807) is 4.90 Å². The zero-order chi connectivity index (χ0) is 20.4. The highest BCUT2D eigenvalue weighted by molar-refractivity contribution is 6.30. The van der Waals surface area contributed by atoms with Gasteiger partial charge in [-0.15, -0.1) is 0 Å². The van der Waals surface area contributed by atoms with Crippen LogP contribution in [-0.4, -0.2) is 70.8 Å². The summed E-state index contributed by atoms with van der Waals surface area (Å²) < 4.78 is 0. The third-order valence-corrected chi connectivity index (χ3v) is 6.54. The molecule has 29 heavy (non-hydrogen) atoms. The highest BCUT2D eigenvalue weighted by atomic mass is 35.5. The number of halogens is 1. The summed E-state index contributed by atoms with van der Waals surface area (Å²) in [5.41, 5.74) is 0.415. The van der Waals surface area contributed by atoms with Crippen molar-refractivity contribution < 1.29 is 14.4 Å². The lowest BCUT2D eigenvalue weighted by molar-refractivity contribution is -0.140. The SMILES string of the molecule is O=C(CN1C(=O)NC2(CCCCC2)C1=O)N1CCN(Cc2ccc(Cl)cc2)CC1. The Hall–Kier alpha value is -2.12. The van der Waals surface area contributed by atoms with Gasteiger partial charge < -0.3 is 10.2 Å². The molecule has 4 rings (SSSR count). The molecule has 8 heteroatoms. The van der Waals surface area contributed by atoms with Crippen molar-refractivity contribution >= 4 is 29.4 Å². The van der Waals surface area contributed by atoms with E-state index in [1.807, 2.05) is 24.3 Å². The predicted octanol–water partition coefficient (Wildman–Crippen LogP) is 2.24. The maximum atomic E-state index is 12.8. The average Bonchev–Trinajstić information content (AvgIpc) is 2.94. The van der Waals surface area contributed by atoms with Crippen LogP contribution in [0.5, 0.6) is 0 Å². The Kier molecular flexibility index (Phi) is 5.79. The number of hydrogen-bond acceptors (Lipinski definition) is 4. The van der Waals surface area contributed by atoms with Crippen LogP contribution in [0.25, 0.3) is 0 Å². The second-order valence-corrected chi connectivity index (χ2v) is 8.68. The van der Waals surface area contributed by atoms with Crippen molar-refractivity contribution in [1.82, 2.24) is 20.0 Å². The van der Waals surface area contributed by atoms with Crippen LogP contribution < -0.4 is 5.32 Å². The molecule has 2 aliphatic heterocycles. The normalized spacial score (nSPS) is 22.2. The molecule has 0 unspecified atom stereocenters. The molecule has 0 aromatic heterocycles. The highest BCUT2D eigenvalue weighted by Crippen LogP contribution is 2.33. The van der Waals surface area contributed by atoms with Crippen molar-refractivity contribution in [2.75, 3.05) is 32.7 Å². The van der Waals surface area contributed by atoms with Crippen molar-refractivity contribution in [3.05, 3.63) is 34.9 Å². The number of carbonyl (C=O) groups is 3. The van der Waals surface area contributed by atoms with Crippen molar-refractivity contribution in [2.45, 2.75) is 44.2 Å². The Bertz CT molecular complexity index is 784. The summed E-state index contributed by atoms with van der Waals surface area (Å²) in [6.07, 6.45) is 4.30. The lowest BCUT2D eigenvalue weighted by Gasteiger charge is -2.35. The zero-order valence-corrected chi connectivity index (χ0v) is 17.3. The minimum atomic E-state index is -0.771. The van der Waals surface area contributed by atoms with Gasteiger partial charge in [0.05, 0.1) is 0 Å². The fraction of sp³-hybridized carbons (Fsp3) is 0.571. The van der Waals surface area contributed by atoms with E-state index in [2.05, 4.69) is 10.2 Å². The van der Waals surface area contributed by atoms with E-state index >= 15 is 0 Å². The number of nitrogens with zero attached hydrogens (tertiary/aromatic N) is 3. The van der Waals surface area contributed by atoms with Gasteiger partial charge in [0.25, 0.3) is 5.91 Å². The van der Waals surface area contributed by atoms with Crippen molar-refractivity contribution in [3.63, 3.8) is 0 Å². The van der Waals surface area contributed by atoms with Crippen LogP contribution in [0.15, 0.2) is 24.3 Å². The van der Waals surface area contributed by atoms with Crippen LogP contribution in [0.3, 0.4) is 0 Å². The number of urea groups is 1. The van der Waals surface area contributed by atoms with E-state index in [-0.39, 0.29) is 18.4 Å². The molecule has 156 valence electrons. The van der Waals surface area contributed by atoms with Gasteiger partial charge in [0.1, 0.15) is 12.1 Å². The van der Waals surface area contributed by atoms with Crippen LogP contribution in [0.1, 0.15) is 37.7 Å². The summed E-state index contributed by atoms with van der Waals surface area (Å²) in [6.45, 7) is 3.37. The molecule has 2 heterocycles. The van der Waals surface area contributed by atoms with E-state index in [0.29, 0.717) is 25.9 Å². The lowest BCUT2D eigenvalue weighted by Crippen LogP contribution is -2.52. The summed E-state index contributed by atoms with van der Waals surface area (Å²) in [5.74, 6) is -0.385. The third-order valence-electron chi connectivity index (χ3n) is 6.29. The molecular formula is C21H27ClN4O3. The molecule has 1 saturated carbocycles. The second kappa shape index (κ2) is 8.32. The number of amides is 4. The van der Waals surface area contributed by atoms with Crippen molar-refractivity contribution in [1.29, 1.82) is 0 Å². The van der Waals surface area contributed by atoms with Gasteiger partial charge in [-0.2, -0.15) is 0 Å². The van der Waals surface area contributed by atoms with Gasteiger partial charge in [0, 0.05) is 37.7 Å². The summed E-state index contributed by atoms with van der Waals surface area (Å²) in [5, 5.41) is 3.59. The van der Waals surface area contributed by atoms with Crippen LogP contribution >= 0.6 is 11.6 Å². The molecular weight excluding hydrogens is 392 g/mol. The number of rotatable bonds is 4. The number of imide groups is 1. The first-order valence-corrected chi connectivity index (χ1v) is 10.7. The summed E-state index contributed by atoms with van der Waals surface area (Å²) in [7, 11) is 0. The Balaban J connectivity index is 1.29. The molecule has 2 saturated heterocycles. The quantitative estimate of drug-likeness (QED) is 0.761. The maximum absolute atomic E-state index is 12.8. The number of benzene rings is 1. The van der Waals surface area contributed by atoms with Gasteiger partial charge in [-0.3, -0.25) is 19.4 Å². The Morgan fingerprint density at radius 1 is 1.00 bits per heavy atom. The van der Waals surface area contributed by atoms with Crippen molar-refractivity contribution in [2.24, 2.45) is 0 Å². The molecule has 1 aromatic rings. The predicted molar refractivity (Wildman–Crippen MR) is 109 cm³/mol. The monoisotopic (exact) mass is 418 g/mol. The maximum Gasteiger partial charge on any atom is 0.325 e. The van der Waals surface area contributed by atoms with Crippen LogP contribution in [-0.2, 0) is 16.1 Å². The summed E-state index contributed by atoms with van der Waals surface area (Å²) in [4.78, 5) is 43.1. The van der Waals surface area contributed by atoms with Crippen LogP contribution in [0, 0.1) is 0 Å². The minimum absolute atomic E-state index is 0.160.